The minimum absolute atomic E-state index is 0.269. The molecule has 0 aliphatic rings. The zero-order valence-electron chi connectivity index (χ0n) is 10.8. The van der Waals surface area contributed by atoms with Crippen LogP contribution in [-0.2, 0) is 6.18 Å². The van der Waals surface area contributed by atoms with Crippen molar-refractivity contribution in [2.75, 3.05) is 13.2 Å². The molecule has 1 unspecified atom stereocenters. The van der Waals surface area contributed by atoms with Gasteiger partial charge < -0.3 is 15.5 Å². The van der Waals surface area contributed by atoms with Gasteiger partial charge in [0.2, 0.25) is 0 Å². The molecule has 1 atom stereocenters. The van der Waals surface area contributed by atoms with Crippen molar-refractivity contribution < 1.29 is 23.4 Å². The minimum atomic E-state index is -4.35. The van der Waals surface area contributed by atoms with Crippen LogP contribution in [0.5, 0.6) is 0 Å². The van der Waals surface area contributed by atoms with Gasteiger partial charge in [0.1, 0.15) is 0 Å². The number of aliphatic hydroxyl groups excluding tert-OH is 2. The van der Waals surface area contributed by atoms with E-state index in [4.69, 9.17) is 10.2 Å². The van der Waals surface area contributed by atoms with E-state index in [-0.39, 0.29) is 19.3 Å². The van der Waals surface area contributed by atoms with Gasteiger partial charge in [0.15, 0.2) is 0 Å². The van der Waals surface area contributed by atoms with Gasteiger partial charge in [0.05, 0.1) is 24.3 Å². The third kappa shape index (κ3) is 4.19. The van der Waals surface area contributed by atoms with Crippen LogP contribution in [0.25, 0.3) is 0 Å². The van der Waals surface area contributed by atoms with E-state index >= 15 is 0 Å². The monoisotopic (exact) mass is 277 g/mol. The van der Waals surface area contributed by atoms with E-state index in [9.17, 15) is 13.2 Å². The Bertz CT molecular complexity index is 399. The molecule has 19 heavy (non-hydrogen) atoms. The second kappa shape index (κ2) is 5.90. The molecule has 0 heterocycles. The summed E-state index contributed by atoms with van der Waals surface area (Å²) >= 11 is 0. The van der Waals surface area contributed by atoms with Gasteiger partial charge in [-0.3, -0.25) is 0 Å². The van der Waals surface area contributed by atoms with Crippen molar-refractivity contribution in [2.45, 2.75) is 31.6 Å². The van der Waals surface area contributed by atoms with Gasteiger partial charge in [-0.25, -0.2) is 0 Å². The summed E-state index contributed by atoms with van der Waals surface area (Å²) in [6.45, 7) is 2.85. The molecule has 0 bridgehead atoms. The van der Waals surface area contributed by atoms with Crippen LogP contribution in [0.1, 0.15) is 31.0 Å². The Labute approximate surface area is 110 Å². The molecule has 3 N–H and O–H groups in total. The average molecular weight is 277 g/mol. The van der Waals surface area contributed by atoms with E-state index in [1.54, 1.807) is 13.8 Å². The van der Waals surface area contributed by atoms with Crippen LogP contribution in [0.2, 0.25) is 0 Å². The predicted molar refractivity (Wildman–Crippen MR) is 65.6 cm³/mol. The van der Waals surface area contributed by atoms with Crippen LogP contribution in [0.3, 0.4) is 0 Å². The van der Waals surface area contributed by atoms with E-state index < -0.39 is 17.3 Å². The summed E-state index contributed by atoms with van der Waals surface area (Å²) in [5, 5.41) is 21.3. The highest BCUT2D eigenvalue weighted by atomic mass is 19.4. The van der Waals surface area contributed by atoms with Crippen molar-refractivity contribution in [1.29, 1.82) is 0 Å². The lowest BCUT2D eigenvalue weighted by Crippen LogP contribution is -2.49. The van der Waals surface area contributed by atoms with Gasteiger partial charge in [-0.2, -0.15) is 13.2 Å². The molecule has 0 spiro atoms. The molecule has 0 aliphatic heterocycles. The van der Waals surface area contributed by atoms with E-state index in [1.807, 2.05) is 0 Å². The molecule has 0 radical (unpaired) electrons. The van der Waals surface area contributed by atoms with Gasteiger partial charge in [-0.05, 0) is 31.5 Å². The molecule has 6 heteroatoms. The standard InChI is InChI=1S/C13H18F3NO2/c1-9(17-12(2,7-18)8-19)10-3-5-11(6-4-10)13(14,15)16/h3-6,9,17-19H,7-8H2,1-2H3. The quantitative estimate of drug-likeness (QED) is 0.772. The molecule has 0 fully saturated rings. The Morgan fingerprint density at radius 1 is 1.11 bits per heavy atom. The highest BCUT2D eigenvalue weighted by Crippen LogP contribution is 2.30. The van der Waals surface area contributed by atoms with Gasteiger partial charge in [0, 0.05) is 6.04 Å². The Kier molecular flexibility index (Phi) is 4.95. The average Bonchev–Trinajstić information content (AvgIpc) is 2.37. The normalized spacial score (nSPS) is 14.5. The van der Waals surface area contributed by atoms with Crippen LogP contribution < -0.4 is 5.32 Å². The number of hydrogen-bond donors (Lipinski definition) is 3. The molecule has 0 amide bonds. The summed E-state index contributed by atoms with van der Waals surface area (Å²) in [5.41, 5.74) is -0.918. The number of alkyl halides is 3. The fourth-order valence-electron chi connectivity index (χ4n) is 1.71. The second-order valence-electron chi connectivity index (χ2n) is 4.86. The molecule has 0 aliphatic carbocycles. The summed E-state index contributed by atoms with van der Waals surface area (Å²) in [6, 6.07) is 4.52. The molecule has 0 saturated heterocycles. The molecule has 108 valence electrons. The number of aliphatic hydroxyl groups is 2. The fraction of sp³-hybridized carbons (Fsp3) is 0.538. The first kappa shape index (κ1) is 15.9. The Morgan fingerprint density at radius 2 is 1.58 bits per heavy atom. The fourth-order valence-corrected chi connectivity index (χ4v) is 1.71. The maximum atomic E-state index is 12.4. The number of halogens is 3. The summed E-state index contributed by atoms with van der Waals surface area (Å²) < 4.78 is 37.3. The van der Waals surface area contributed by atoms with Crippen molar-refractivity contribution >= 4 is 0 Å². The predicted octanol–water partition coefficient (Wildman–Crippen LogP) is 2.10. The first-order valence-electron chi connectivity index (χ1n) is 5.88. The van der Waals surface area contributed by atoms with Crippen LogP contribution in [0, 0.1) is 0 Å². The third-order valence-corrected chi connectivity index (χ3v) is 3.00. The summed E-state index contributed by atoms with van der Waals surface area (Å²) in [7, 11) is 0. The third-order valence-electron chi connectivity index (χ3n) is 3.00. The summed E-state index contributed by atoms with van der Waals surface area (Å²) in [4.78, 5) is 0. The lowest BCUT2D eigenvalue weighted by atomic mass is 10.00. The van der Waals surface area contributed by atoms with Crippen molar-refractivity contribution in [3.8, 4) is 0 Å². The van der Waals surface area contributed by atoms with Crippen LogP contribution in [0.4, 0.5) is 13.2 Å². The molecule has 1 aromatic rings. The Morgan fingerprint density at radius 3 is 1.95 bits per heavy atom. The molecule has 0 saturated carbocycles. The van der Waals surface area contributed by atoms with Gasteiger partial charge >= 0.3 is 6.18 Å². The lowest BCUT2D eigenvalue weighted by molar-refractivity contribution is -0.137. The van der Waals surface area contributed by atoms with Crippen LogP contribution in [0.15, 0.2) is 24.3 Å². The molecular formula is C13H18F3NO2. The highest BCUT2D eigenvalue weighted by molar-refractivity contribution is 5.26. The molecule has 3 nitrogen and oxygen atoms in total. The van der Waals surface area contributed by atoms with Gasteiger partial charge in [0.25, 0.3) is 0 Å². The van der Waals surface area contributed by atoms with E-state index in [0.29, 0.717) is 5.56 Å². The Hall–Kier alpha value is -1.11. The van der Waals surface area contributed by atoms with Crippen molar-refractivity contribution in [2.24, 2.45) is 0 Å². The molecule has 1 rings (SSSR count). The second-order valence-corrected chi connectivity index (χ2v) is 4.86. The van der Waals surface area contributed by atoms with Crippen LogP contribution in [-0.4, -0.2) is 29.0 Å². The van der Waals surface area contributed by atoms with Crippen LogP contribution >= 0.6 is 0 Å². The maximum absolute atomic E-state index is 12.4. The number of nitrogens with one attached hydrogen (secondary N) is 1. The molecular weight excluding hydrogens is 259 g/mol. The largest absolute Gasteiger partial charge is 0.416 e. The van der Waals surface area contributed by atoms with E-state index in [0.717, 1.165) is 12.1 Å². The zero-order chi connectivity index (χ0) is 14.7. The molecule has 1 aromatic carbocycles. The van der Waals surface area contributed by atoms with E-state index in [1.165, 1.54) is 12.1 Å². The first-order valence-corrected chi connectivity index (χ1v) is 5.88. The number of hydrogen-bond acceptors (Lipinski definition) is 3. The SMILES string of the molecule is CC(NC(C)(CO)CO)c1ccc(C(F)(F)F)cc1. The van der Waals surface area contributed by atoms with Gasteiger partial charge in [-0.15, -0.1) is 0 Å². The highest BCUT2D eigenvalue weighted by Gasteiger charge is 2.30. The number of rotatable bonds is 5. The van der Waals surface area contributed by atoms with Crippen molar-refractivity contribution in [1.82, 2.24) is 5.32 Å². The maximum Gasteiger partial charge on any atom is 0.416 e. The van der Waals surface area contributed by atoms with E-state index in [2.05, 4.69) is 5.32 Å². The number of benzene rings is 1. The first-order chi connectivity index (χ1) is 8.72. The van der Waals surface area contributed by atoms with Crippen molar-refractivity contribution in [3.05, 3.63) is 35.4 Å². The Balaban J connectivity index is 2.81. The minimum Gasteiger partial charge on any atom is -0.394 e. The van der Waals surface area contributed by atoms with Gasteiger partial charge in [-0.1, -0.05) is 12.1 Å². The molecule has 0 aromatic heterocycles. The topological polar surface area (TPSA) is 52.5 Å². The summed E-state index contributed by atoms with van der Waals surface area (Å²) in [6.07, 6.45) is -4.35. The smallest absolute Gasteiger partial charge is 0.394 e. The zero-order valence-corrected chi connectivity index (χ0v) is 10.8. The summed E-state index contributed by atoms with van der Waals surface area (Å²) in [5.74, 6) is 0. The lowest BCUT2D eigenvalue weighted by Gasteiger charge is -2.30. The van der Waals surface area contributed by atoms with Crippen molar-refractivity contribution in [3.63, 3.8) is 0 Å².